The second-order valence-corrected chi connectivity index (χ2v) is 4.04. The van der Waals surface area contributed by atoms with E-state index in [-0.39, 0.29) is 0 Å². The van der Waals surface area contributed by atoms with Crippen molar-refractivity contribution >= 4 is 0 Å². The third-order valence-corrected chi connectivity index (χ3v) is 3.01. The highest BCUT2D eigenvalue weighted by atomic mass is 15.2. The third kappa shape index (κ3) is 2.46. The quantitative estimate of drug-likeness (QED) is 0.692. The molecule has 0 saturated carbocycles. The van der Waals surface area contributed by atoms with E-state index in [9.17, 15) is 0 Å². The highest BCUT2D eigenvalue weighted by Gasteiger charge is 2.23. The molecule has 12 heavy (non-hydrogen) atoms. The van der Waals surface area contributed by atoms with Gasteiger partial charge < -0.3 is 5.73 Å². The van der Waals surface area contributed by atoms with E-state index in [1.807, 2.05) is 0 Å². The van der Waals surface area contributed by atoms with E-state index in [2.05, 4.69) is 18.7 Å². The van der Waals surface area contributed by atoms with Crippen molar-refractivity contribution in [2.75, 3.05) is 19.6 Å². The van der Waals surface area contributed by atoms with Crippen LogP contribution in [0.25, 0.3) is 0 Å². The van der Waals surface area contributed by atoms with Crippen molar-refractivity contribution in [2.45, 2.75) is 39.2 Å². The summed E-state index contributed by atoms with van der Waals surface area (Å²) >= 11 is 0. The van der Waals surface area contributed by atoms with Crippen LogP contribution in [0.1, 0.15) is 33.1 Å². The number of hydrogen-bond donors (Lipinski definition) is 1. The average molecular weight is 170 g/mol. The van der Waals surface area contributed by atoms with Crippen molar-refractivity contribution in [1.29, 1.82) is 0 Å². The molecule has 2 N–H and O–H groups in total. The fourth-order valence-corrected chi connectivity index (χ4v) is 1.93. The summed E-state index contributed by atoms with van der Waals surface area (Å²) in [6, 6.07) is 0.680. The van der Waals surface area contributed by atoms with Crippen LogP contribution in [0.4, 0.5) is 0 Å². The molecule has 1 rings (SSSR count). The second-order valence-electron chi connectivity index (χ2n) is 4.04. The fraction of sp³-hybridized carbons (Fsp3) is 1.00. The summed E-state index contributed by atoms with van der Waals surface area (Å²) in [5, 5.41) is 0. The number of nitrogens with two attached hydrogens (primary N) is 1. The molecule has 2 nitrogen and oxygen atoms in total. The minimum absolute atomic E-state index is 0.680. The Bertz CT molecular complexity index is 125. The van der Waals surface area contributed by atoms with Crippen molar-refractivity contribution in [3.8, 4) is 0 Å². The normalized spacial score (nSPS) is 27.8. The van der Waals surface area contributed by atoms with Gasteiger partial charge in [0.2, 0.25) is 0 Å². The lowest BCUT2D eigenvalue weighted by Crippen LogP contribution is -2.37. The van der Waals surface area contributed by atoms with E-state index in [1.54, 1.807) is 0 Å². The van der Waals surface area contributed by atoms with Gasteiger partial charge >= 0.3 is 0 Å². The monoisotopic (exact) mass is 170 g/mol. The molecule has 0 amide bonds. The van der Waals surface area contributed by atoms with Gasteiger partial charge in [0.25, 0.3) is 0 Å². The van der Waals surface area contributed by atoms with Crippen LogP contribution >= 0.6 is 0 Å². The molecule has 1 fully saturated rings. The van der Waals surface area contributed by atoms with Gasteiger partial charge in [0.1, 0.15) is 0 Å². The maximum absolute atomic E-state index is 5.70. The summed E-state index contributed by atoms with van der Waals surface area (Å²) in [6.07, 6.45) is 3.94. The lowest BCUT2D eigenvalue weighted by molar-refractivity contribution is 0.222. The first kappa shape index (κ1) is 10.0. The summed E-state index contributed by atoms with van der Waals surface area (Å²) in [7, 11) is 0. The Hall–Kier alpha value is -0.0800. The predicted molar refractivity (Wildman–Crippen MR) is 53.1 cm³/mol. The first-order valence-electron chi connectivity index (χ1n) is 5.22. The molecule has 0 aromatic heterocycles. The summed E-state index contributed by atoms with van der Waals surface area (Å²) in [4.78, 5) is 2.56. The maximum atomic E-state index is 5.70. The largest absolute Gasteiger partial charge is 0.329 e. The molecule has 2 heteroatoms. The molecular weight excluding hydrogens is 148 g/mol. The molecule has 1 heterocycles. The molecule has 1 aliphatic rings. The van der Waals surface area contributed by atoms with Gasteiger partial charge in [-0.15, -0.1) is 0 Å². The minimum atomic E-state index is 0.680. The molecule has 1 unspecified atom stereocenters. The van der Waals surface area contributed by atoms with Crippen LogP contribution < -0.4 is 5.73 Å². The molecule has 72 valence electrons. The number of rotatable bonds is 4. The lowest BCUT2D eigenvalue weighted by atomic mass is 10.1. The van der Waals surface area contributed by atoms with Crippen LogP contribution in [0.2, 0.25) is 0 Å². The molecule has 0 aromatic rings. The Morgan fingerprint density at radius 3 is 2.92 bits per heavy atom. The Labute approximate surface area is 76.1 Å². The molecule has 1 aliphatic heterocycles. The maximum Gasteiger partial charge on any atom is 0.0219 e. The summed E-state index contributed by atoms with van der Waals surface area (Å²) in [6.45, 7) is 7.95. The van der Waals surface area contributed by atoms with E-state index in [4.69, 9.17) is 5.73 Å². The van der Waals surface area contributed by atoms with Gasteiger partial charge in [-0.25, -0.2) is 0 Å². The van der Waals surface area contributed by atoms with Crippen LogP contribution in [0.3, 0.4) is 0 Å². The average Bonchev–Trinajstić information content (AvgIpc) is 2.51. The number of likely N-dealkylation sites (tertiary alicyclic amines) is 1. The lowest BCUT2D eigenvalue weighted by Gasteiger charge is -2.25. The molecule has 0 radical (unpaired) electrons. The molecule has 0 aliphatic carbocycles. The SMILES string of the molecule is CCC(C)CN1CCC[C@H]1CN. The summed E-state index contributed by atoms with van der Waals surface area (Å²) < 4.78 is 0. The van der Waals surface area contributed by atoms with Crippen LogP contribution in [-0.4, -0.2) is 30.6 Å². The van der Waals surface area contributed by atoms with Gasteiger partial charge in [0.15, 0.2) is 0 Å². The molecule has 0 bridgehead atoms. The van der Waals surface area contributed by atoms with Crippen LogP contribution in [0, 0.1) is 5.92 Å². The van der Waals surface area contributed by atoms with E-state index in [0.29, 0.717) is 6.04 Å². The topological polar surface area (TPSA) is 29.3 Å². The zero-order valence-electron chi connectivity index (χ0n) is 8.42. The van der Waals surface area contributed by atoms with Crippen molar-refractivity contribution < 1.29 is 0 Å². The van der Waals surface area contributed by atoms with Crippen LogP contribution in [-0.2, 0) is 0 Å². The predicted octanol–water partition coefficient (Wildman–Crippen LogP) is 1.46. The summed E-state index contributed by atoms with van der Waals surface area (Å²) in [5.74, 6) is 0.831. The van der Waals surface area contributed by atoms with E-state index in [1.165, 1.54) is 32.4 Å². The van der Waals surface area contributed by atoms with Crippen molar-refractivity contribution in [2.24, 2.45) is 11.7 Å². The third-order valence-electron chi connectivity index (χ3n) is 3.01. The Morgan fingerprint density at radius 2 is 2.33 bits per heavy atom. The highest BCUT2D eigenvalue weighted by Crippen LogP contribution is 2.18. The first-order chi connectivity index (χ1) is 5.77. The second kappa shape index (κ2) is 4.83. The van der Waals surface area contributed by atoms with Gasteiger partial charge in [-0.2, -0.15) is 0 Å². The fourth-order valence-electron chi connectivity index (χ4n) is 1.93. The standard InChI is InChI=1S/C10H22N2/c1-3-9(2)8-12-6-4-5-10(12)7-11/h9-10H,3-8,11H2,1-2H3/t9?,10-/m0/s1. The highest BCUT2D eigenvalue weighted by molar-refractivity contribution is 4.80. The van der Waals surface area contributed by atoms with Crippen molar-refractivity contribution in [3.05, 3.63) is 0 Å². The Balaban J connectivity index is 2.30. The van der Waals surface area contributed by atoms with Gasteiger partial charge in [0.05, 0.1) is 0 Å². The van der Waals surface area contributed by atoms with E-state index >= 15 is 0 Å². The van der Waals surface area contributed by atoms with E-state index in [0.717, 1.165) is 12.5 Å². The Kier molecular flexibility index (Phi) is 4.02. The molecule has 2 atom stereocenters. The molecule has 0 aromatic carbocycles. The van der Waals surface area contributed by atoms with Gasteiger partial charge in [0, 0.05) is 19.1 Å². The van der Waals surface area contributed by atoms with Crippen LogP contribution in [0.15, 0.2) is 0 Å². The number of nitrogens with zero attached hydrogens (tertiary/aromatic N) is 1. The molecule has 0 spiro atoms. The molecular formula is C10H22N2. The summed E-state index contributed by atoms with van der Waals surface area (Å²) in [5.41, 5.74) is 5.70. The zero-order chi connectivity index (χ0) is 8.97. The van der Waals surface area contributed by atoms with Gasteiger partial charge in [-0.3, -0.25) is 4.90 Å². The van der Waals surface area contributed by atoms with E-state index < -0.39 is 0 Å². The Morgan fingerprint density at radius 1 is 1.58 bits per heavy atom. The van der Waals surface area contributed by atoms with Gasteiger partial charge in [-0.05, 0) is 25.3 Å². The zero-order valence-corrected chi connectivity index (χ0v) is 8.42. The molecule has 1 saturated heterocycles. The van der Waals surface area contributed by atoms with Crippen LogP contribution in [0.5, 0.6) is 0 Å². The smallest absolute Gasteiger partial charge is 0.0219 e. The number of hydrogen-bond acceptors (Lipinski definition) is 2. The first-order valence-corrected chi connectivity index (χ1v) is 5.22. The van der Waals surface area contributed by atoms with Crippen molar-refractivity contribution in [3.63, 3.8) is 0 Å². The van der Waals surface area contributed by atoms with Gasteiger partial charge in [-0.1, -0.05) is 20.3 Å². The minimum Gasteiger partial charge on any atom is -0.329 e. The van der Waals surface area contributed by atoms with Crippen molar-refractivity contribution in [1.82, 2.24) is 4.90 Å².